The molecule has 2 unspecified atom stereocenters. The van der Waals surface area contributed by atoms with Crippen molar-refractivity contribution in [2.45, 2.75) is 133 Å². The van der Waals surface area contributed by atoms with Crippen molar-refractivity contribution in [2.75, 3.05) is 0 Å². The molecule has 0 bridgehead atoms. The monoisotopic (exact) mass is 632 g/mol. The number of alkyl halides is 6. The quantitative estimate of drug-likeness (QED) is 0.152. The van der Waals surface area contributed by atoms with Gasteiger partial charge in [-0.3, -0.25) is 0 Å². The minimum atomic E-state index is -5.64. The zero-order valence-electron chi connectivity index (χ0n) is 26.1. The lowest BCUT2D eigenvalue weighted by Crippen LogP contribution is -2.61. The highest BCUT2D eigenvalue weighted by molar-refractivity contribution is 6.02. The summed E-state index contributed by atoms with van der Waals surface area (Å²) in [4.78, 5) is 0. The second-order valence-corrected chi connectivity index (χ2v) is 13.1. The first-order valence-corrected chi connectivity index (χ1v) is 16.7. The highest BCUT2D eigenvalue weighted by Gasteiger charge is 2.86. The van der Waals surface area contributed by atoms with E-state index >= 15 is 26.3 Å². The van der Waals surface area contributed by atoms with Gasteiger partial charge in [0.05, 0.1) is 0 Å². The number of halogens is 6. The summed E-state index contributed by atoms with van der Waals surface area (Å²) in [7, 11) is 0. The van der Waals surface area contributed by atoms with Crippen molar-refractivity contribution in [1.29, 1.82) is 0 Å². The summed E-state index contributed by atoms with van der Waals surface area (Å²) in [5, 5.41) is 0. The zero-order valence-corrected chi connectivity index (χ0v) is 26.1. The van der Waals surface area contributed by atoms with Crippen LogP contribution in [0.4, 0.5) is 26.3 Å². The second-order valence-electron chi connectivity index (χ2n) is 13.1. The van der Waals surface area contributed by atoms with E-state index in [4.69, 9.17) is 9.47 Å². The third-order valence-corrected chi connectivity index (χ3v) is 10.3. The Kier molecular flexibility index (Phi) is 8.35. The van der Waals surface area contributed by atoms with Crippen LogP contribution in [0.2, 0.25) is 0 Å². The molecule has 244 valence electrons. The van der Waals surface area contributed by atoms with Gasteiger partial charge in [0.25, 0.3) is 0 Å². The van der Waals surface area contributed by atoms with Crippen LogP contribution in [0.1, 0.15) is 115 Å². The van der Waals surface area contributed by atoms with Crippen LogP contribution in [0, 0.1) is 0 Å². The van der Waals surface area contributed by atoms with Crippen LogP contribution in [0.3, 0.4) is 0 Å². The van der Waals surface area contributed by atoms with E-state index in [1.54, 1.807) is 36.4 Å². The molecule has 0 saturated heterocycles. The van der Waals surface area contributed by atoms with Crippen molar-refractivity contribution >= 4 is 11.1 Å². The van der Waals surface area contributed by atoms with Crippen molar-refractivity contribution in [3.05, 3.63) is 70.8 Å². The Labute approximate surface area is 261 Å². The zero-order chi connectivity index (χ0) is 32.1. The number of fused-ring (bicyclic) bond motifs is 8. The molecule has 45 heavy (non-hydrogen) atoms. The van der Waals surface area contributed by atoms with E-state index in [-0.39, 0.29) is 46.6 Å². The van der Waals surface area contributed by atoms with Gasteiger partial charge in [0.15, 0.2) is 11.2 Å². The maximum Gasteiger partial charge on any atom is 0.380 e. The van der Waals surface area contributed by atoms with E-state index in [1.807, 2.05) is 0 Å². The molecule has 0 N–H and O–H groups in total. The van der Waals surface area contributed by atoms with Gasteiger partial charge >= 0.3 is 17.8 Å². The molecular formula is C37H42F6O2. The average Bonchev–Trinajstić information content (AvgIpc) is 3.56. The first-order valence-electron chi connectivity index (χ1n) is 16.7. The predicted octanol–water partition coefficient (Wildman–Crippen LogP) is 11.6. The highest BCUT2D eigenvalue weighted by Crippen LogP contribution is 2.74. The Morgan fingerprint density at radius 1 is 0.467 bits per heavy atom. The van der Waals surface area contributed by atoms with Crippen molar-refractivity contribution in [2.24, 2.45) is 0 Å². The van der Waals surface area contributed by atoms with Gasteiger partial charge in [0.1, 0.15) is 11.5 Å². The lowest BCUT2D eigenvalue weighted by Gasteiger charge is -2.50. The maximum atomic E-state index is 16.1. The van der Waals surface area contributed by atoms with Gasteiger partial charge < -0.3 is 9.47 Å². The molecule has 2 aromatic carbocycles. The van der Waals surface area contributed by atoms with Crippen molar-refractivity contribution in [3.63, 3.8) is 0 Å². The van der Waals surface area contributed by atoms with Gasteiger partial charge in [-0.25, -0.2) is 0 Å². The largest absolute Gasteiger partial charge is 0.477 e. The van der Waals surface area contributed by atoms with Crippen LogP contribution >= 0.6 is 0 Å². The topological polar surface area (TPSA) is 18.5 Å². The van der Waals surface area contributed by atoms with Gasteiger partial charge in [-0.05, 0) is 37.8 Å². The molecule has 6 rings (SSSR count). The van der Waals surface area contributed by atoms with E-state index in [2.05, 4.69) is 13.8 Å². The Morgan fingerprint density at radius 3 is 1.22 bits per heavy atom. The van der Waals surface area contributed by atoms with Gasteiger partial charge in [-0.2, -0.15) is 26.3 Å². The second kappa shape index (κ2) is 11.7. The SMILES string of the molecule is CCCCCCCCC12Oc3ccccc3C1=C1C(=C3c4ccccc4OC32CCCCCCCC)C(F)(F)C(F)(F)C1(F)F. The lowest BCUT2D eigenvalue weighted by atomic mass is 9.60. The number of hydrogen-bond acceptors (Lipinski definition) is 2. The number of para-hydroxylation sites is 2. The fourth-order valence-electron chi connectivity index (χ4n) is 8.13. The first kappa shape index (κ1) is 32.1. The molecule has 0 spiro atoms. The Bertz CT molecular complexity index is 1380. The molecule has 2 aliphatic heterocycles. The van der Waals surface area contributed by atoms with E-state index in [1.165, 1.54) is 12.1 Å². The minimum Gasteiger partial charge on any atom is -0.477 e. The van der Waals surface area contributed by atoms with Gasteiger partial charge in [0, 0.05) is 33.4 Å². The Morgan fingerprint density at radius 2 is 0.822 bits per heavy atom. The molecule has 2 nitrogen and oxygen atoms in total. The lowest BCUT2D eigenvalue weighted by molar-refractivity contribution is -0.257. The molecule has 0 amide bonds. The fourth-order valence-corrected chi connectivity index (χ4v) is 8.13. The number of benzene rings is 2. The van der Waals surface area contributed by atoms with Crippen molar-refractivity contribution in [3.8, 4) is 11.5 Å². The standard InChI is InChI=1S/C37H42F6O2/c1-3-5-7-9-11-17-23-33-29(25-19-13-15-21-27(25)44-33)31-32(36(40,41)37(42,43)35(31,38)39)30-26-20-14-16-22-28(26)45-34(30,33)24-18-12-10-8-6-4-2/h13-16,19-22H,3-12,17-18,23-24H2,1-2H3. The summed E-state index contributed by atoms with van der Waals surface area (Å²) in [6.45, 7) is 4.23. The highest BCUT2D eigenvalue weighted by atomic mass is 19.3. The molecule has 0 aromatic heterocycles. The summed E-state index contributed by atoms with van der Waals surface area (Å²) in [5.74, 6) is -15.5. The number of ether oxygens (including phenoxy) is 2. The fraction of sp³-hybridized carbons (Fsp3) is 0.568. The third kappa shape index (κ3) is 4.51. The molecule has 2 atom stereocenters. The van der Waals surface area contributed by atoms with Gasteiger partial charge in [0.2, 0.25) is 0 Å². The van der Waals surface area contributed by atoms with Gasteiger partial charge in [-0.1, -0.05) is 114 Å². The van der Waals surface area contributed by atoms with Gasteiger partial charge in [-0.15, -0.1) is 0 Å². The normalized spacial score (nSPS) is 26.1. The number of hydrogen-bond donors (Lipinski definition) is 0. The third-order valence-electron chi connectivity index (χ3n) is 10.3. The van der Waals surface area contributed by atoms with Crippen LogP contribution in [-0.4, -0.2) is 29.0 Å². The molecule has 2 aromatic rings. The van der Waals surface area contributed by atoms with Crippen molar-refractivity contribution in [1.82, 2.24) is 0 Å². The summed E-state index contributed by atoms with van der Waals surface area (Å²) in [6.07, 6.45) is 11.0. The van der Waals surface area contributed by atoms with Crippen LogP contribution < -0.4 is 9.47 Å². The number of rotatable bonds is 14. The smallest absolute Gasteiger partial charge is 0.380 e. The summed E-state index contributed by atoms with van der Waals surface area (Å²) >= 11 is 0. The average molecular weight is 633 g/mol. The Hall–Kier alpha value is -2.90. The van der Waals surface area contributed by atoms with Crippen LogP contribution in [0.5, 0.6) is 11.5 Å². The van der Waals surface area contributed by atoms with Crippen LogP contribution in [0.15, 0.2) is 59.7 Å². The predicted molar refractivity (Wildman–Crippen MR) is 164 cm³/mol. The molecule has 1 fully saturated rings. The summed E-state index contributed by atoms with van der Waals surface area (Å²) < 4.78 is 109. The van der Waals surface area contributed by atoms with Crippen LogP contribution in [-0.2, 0) is 0 Å². The van der Waals surface area contributed by atoms with Crippen LogP contribution in [0.25, 0.3) is 11.1 Å². The van der Waals surface area contributed by atoms with E-state index in [0.29, 0.717) is 12.8 Å². The number of unbranched alkanes of at least 4 members (excludes halogenated alkanes) is 10. The molecule has 4 aliphatic rings. The molecular weight excluding hydrogens is 590 g/mol. The number of allylic oxidation sites excluding steroid dienone is 2. The Balaban J connectivity index is 1.60. The van der Waals surface area contributed by atoms with Crippen molar-refractivity contribution < 1.29 is 35.8 Å². The van der Waals surface area contributed by atoms with E-state index in [0.717, 1.165) is 64.2 Å². The molecule has 8 heteroatoms. The molecule has 2 aliphatic carbocycles. The molecule has 2 heterocycles. The minimum absolute atomic E-state index is 0.157. The molecule has 1 saturated carbocycles. The summed E-state index contributed by atoms with van der Waals surface area (Å²) in [6, 6.07) is 12.8. The van der Waals surface area contributed by atoms with E-state index in [9.17, 15) is 0 Å². The first-order chi connectivity index (χ1) is 21.5. The van der Waals surface area contributed by atoms with E-state index < -0.39 is 40.1 Å². The molecule has 0 radical (unpaired) electrons. The maximum absolute atomic E-state index is 16.1. The summed E-state index contributed by atoms with van der Waals surface area (Å²) in [5.41, 5.74) is -6.17.